The van der Waals surface area contributed by atoms with E-state index in [0.29, 0.717) is 0 Å². The standard InChI is InChI=1S/C25H46N2O/c1-3-4-5-6-7-8-9-10-11-12-13-14-15-18-21-27(22-24(2)28)23-25-19-16-17-20-26-25/h16-17,19-20,24,28H,3-15,18,21-23H2,1-2H3/t24-/m0/s1. The lowest BCUT2D eigenvalue weighted by molar-refractivity contribution is 0.120. The molecule has 1 aromatic heterocycles. The minimum Gasteiger partial charge on any atom is -0.392 e. The van der Waals surface area contributed by atoms with Crippen LogP contribution in [0, 0.1) is 0 Å². The summed E-state index contributed by atoms with van der Waals surface area (Å²) in [6.07, 6.45) is 21.1. The number of hydrogen-bond donors (Lipinski definition) is 1. The van der Waals surface area contributed by atoms with E-state index in [-0.39, 0.29) is 6.10 Å². The molecule has 1 N–H and O–H groups in total. The molecule has 0 fully saturated rings. The van der Waals surface area contributed by atoms with Gasteiger partial charge in [-0.3, -0.25) is 9.88 Å². The molecular weight excluding hydrogens is 344 g/mol. The summed E-state index contributed by atoms with van der Waals surface area (Å²) >= 11 is 0. The zero-order valence-electron chi connectivity index (χ0n) is 18.7. The summed E-state index contributed by atoms with van der Waals surface area (Å²) < 4.78 is 0. The van der Waals surface area contributed by atoms with Crippen molar-refractivity contribution in [3.63, 3.8) is 0 Å². The van der Waals surface area contributed by atoms with Crippen molar-refractivity contribution in [2.45, 2.75) is 116 Å². The maximum atomic E-state index is 9.75. The molecule has 28 heavy (non-hydrogen) atoms. The van der Waals surface area contributed by atoms with E-state index in [1.165, 1.54) is 89.9 Å². The third-order valence-electron chi connectivity index (χ3n) is 5.46. The lowest BCUT2D eigenvalue weighted by Crippen LogP contribution is -2.31. The van der Waals surface area contributed by atoms with Gasteiger partial charge in [0.05, 0.1) is 11.8 Å². The number of rotatable bonds is 19. The van der Waals surface area contributed by atoms with Gasteiger partial charge in [0.15, 0.2) is 0 Å². The van der Waals surface area contributed by atoms with Crippen LogP contribution in [0.25, 0.3) is 0 Å². The predicted molar refractivity (Wildman–Crippen MR) is 122 cm³/mol. The molecule has 3 nitrogen and oxygen atoms in total. The van der Waals surface area contributed by atoms with Gasteiger partial charge >= 0.3 is 0 Å². The van der Waals surface area contributed by atoms with E-state index in [9.17, 15) is 5.11 Å². The second kappa shape index (κ2) is 18.1. The van der Waals surface area contributed by atoms with Crippen LogP contribution in [-0.4, -0.2) is 34.2 Å². The number of hydrogen-bond acceptors (Lipinski definition) is 3. The summed E-state index contributed by atoms with van der Waals surface area (Å²) in [5.74, 6) is 0. The van der Waals surface area contributed by atoms with E-state index in [0.717, 1.165) is 25.3 Å². The van der Waals surface area contributed by atoms with E-state index >= 15 is 0 Å². The first-order chi connectivity index (χ1) is 13.7. The van der Waals surface area contributed by atoms with Crippen molar-refractivity contribution >= 4 is 0 Å². The third-order valence-corrected chi connectivity index (χ3v) is 5.46. The average molecular weight is 391 g/mol. The quantitative estimate of drug-likeness (QED) is 0.266. The van der Waals surface area contributed by atoms with E-state index in [1.807, 2.05) is 25.3 Å². The number of pyridine rings is 1. The van der Waals surface area contributed by atoms with Gasteiger partial charge in [0.2, 0.25) is 0 Å². The van der Waals surface area contributed by atoms with Gasteiger partial charge < -0.3 is 5.11 Å². The Balaban J connectivity index is 1.96. The highest BCUT2D eigenvalue weighted by molar-refractivity contribution is 5.03. The summed E-state index contributed by atoms with van der Waals surface area (Å²) in [6.45, 7) is 6.78. The van der Waals surface area contributed by atoms with Gasteiger partial charge in [-0.1, -0.05) is 96.5 Å². The van der Waals surface area contributed by atoms with Crippen LogP contribution in [0.1, 0.15) is 109 Å². The van der Waals surface area contributed by atoms with Crippen molar-refractivity contribution in [1.82, 2.24) is 9.88 Å². The summed E-state index contributed by atoms with van der Waals surface area (Å²) in [5.41, 5.74) is 1.09. The van der Waals surface area contributed by atoms with Crippen molar-refractivity contribution in [3.8, 4) is 0 Å². The summed E-state index contributed by atoms with van der Waals surface area (Å²) in [5, 5.41) is 9.75. The Kier molecular flexibility index (Phi) is 16.2. The number of nitrogens with zero attached hydrogens (tertiary/aromatic N) is 2. The molecule has 1 aromatic rings. The zero-order chi connectivity index (χ0) is 20.3. The first-order valence-electron chi connectivity index (χ1n) is 12.0. The molecule has 0 radical (unpaired) electrons. The Labute approximate surface area is 175 Å². The first-order valence-corrected chi connectivity index (χ1v) is 12.0. The second-order valence-corrected chi connectivity index (χ2v) is 8.50. The normalized spacial score (nSPS) is 12.6. The maximum Gasteiger partial charge on any atom is 0.0639 e. The van der Waals surface area contributed by atoms with Crippen LogP contribution in [0.5, 0.6) is 0 Å². The Hall–Kier alpha value is -0.930. The SMILES string of the molecule is CCCCCCCCCCCCCCCCN(Cc1ccccn1)C[C@H](C)O. The van der Waals surface area contributed by atoms with Crippen LogP contribution in [0.15, 0.2) is 24.4 Å². The van der Waals surface area contributed by atoms with Gasteiger partial charge in [-0.15, -0.1) is 0 Å². The lowest BCUT2D eigenvalue weighted by Gasteiger charge is -2.23. The molecule has 0 saturated heterocycles. The van der Waals surface area contributed by atoms with Gasteiger partial charge in [0, 0.05) is 19.3 Å². The van der Waals surface area contributed by atoms with Crippen molar-refractivity contribution in [1.29, 1.82) is 0 Å². The molecule has 1 atom stereocenters. The zero-order valence-corrected chi connectivity index (χ0v) is 18.7. The molecule has 0 aromatic carbocycles. The first kappa shape index (κ1) is 25.1. The largest absolute Gasteiger partial charge is 0.392 e. The second-order valence-electron chi connectivity index (χ2n) is 8.50. The Morgan fingerprint density at radius 1 is 0.821 bits per heavy atom. The highest BCUT2D eigenvalue weighted by Gasteiger charge is 2.09. The van der Waals surface area contributed by atoms with E-state index in [2.05, 4.69) is 22.9 Å². The fourth-order valence-corrected chi connectivity index (χ4v) is 3.86. The molecular formula is C25H46N2O. The van der Waals surface area contributed by atoms with Crippen LogP contribution >= 0.6 is 0 Å². The molecule has 3 heteroatoms. The van der Waals surface area contributed by atoms with Crippen LogP contribution in [-0.2, 0) is 6.54 Å². The van der Waals surface area contributed by atoms with E-state index < -0.39 is 0 Å². The molecule has 162 valence electrons. The average Bonchev–Trinajstić information content (AvgIpc) is 2.68. The van der Waals surface area contributed by atoms with Crippen molar-refractivity contribution < 1.29 is 5.11 Å². The summed E-state index contributed by atoms with van der Waals surface area (Å²) in [7, 11) is 0. The van der Waals surface area contributed by atoms with Gasteiger partial charge in [-0.25, -0.2) is 0 Å². The van der Waals surface area contributed by atoms with Crippen molar-refractivity contribution in [3.05, 3.63) is 30.1 Å². The molecule has 0 aliphatic rings. The Morgan fingerprint density at radius 3 is 1.82 bits per heavy atom. The molecule has 0 spiro atoms. The fraction of sp³-hybridized carbons (Fsp3) is 0.800. The molecule has 0 aliphatic carbocycles. The minimum atomic E-state index is -0.282. The third kappa shape index (κ3) is 15.0. The maximum absolute atomic E-state index is 9.75. The molecule has 0 unspecified atom stereocenters. The van der Waals surface area contributed by atoms with Gasteiger partial charge in [0.1, 0.15) is 0 Å². The van der Waals surface area contributed by atoms with Gasteiger partial charge in [0.25, 0.3) is 0 Å². The van der Waals surface area contributed by atoms with Crippen molar-refractivity contribution in [2.75, 3.05) is 13.1 Å². The molecule has 0 aliphatic heterocycles. The number of aromatic nitrogens is 1. The van der Waals surface area contributed by atoms with Gasteiger partial charge in [-0.05, 0) is 32.0 Å². The van der Waals surface area contributed by atoms with Crippen LogP contribution in [0.3, 0.4) is 0 Å². The smallest absolute Gasteiger partial charge is 0.0639 e. The predicted octanol–water partition coefficient (Wildman–Crippen LogP) is 6.75. The highest BCUT2D eigenvalue weighted by Crippen LogP contribution is 2.13. The van der Waals surface area contributed by atoms with Crippen LogP contribution in [0.2, 0.25) is 0 Å². The van der Waals surface area contributed by atoms with E-state index in [4.69, 9.17) is 0 Å². The lowest BCUT2D eigenvalue weighted by atomic mass is 10.0. The van der Waals surface area contributed by atoms with Crippen LogP contribution < -0.4 is 0 Å². The number of aliphatic hydroxyl groups is 1. The fourth-order valence-electron chi connectivity index (χ4n) is 3.86. The van der Waals surface area contributed by atoms with Crippen molar-refractivity contribution in [2.24, 2.45) is 0 Å². The highest BCUT2D eigenvalue weighted by atomic mass is 16.3. The van der Waals surface area contributed by atoms with E-state index in [1.54, 1.807) is 0 Å². The monoisotopic (exact) mass is 390 g/mol. The molecule has 0 saturated carbocycles. The molecule has 1 heterocycles. The number of aliphatic hydroxyl groups excluding tert-OH is 1. The van der Waals surface area contributed by atoms with Gasteiger partial charge in [-0.2, -0.15) is 0 Å². The topological polar surface area (TPSA) is 36.4 Å². The molecule has 0 bridgehead atoms. The molecule has 0 amide bonds. The Bertz CT molecular complexity index is 435. The summed E-state index contributed by atoms with van der Waals surface area (Å²) in [6, 6.07) is 6.06. The summed E-state index contributed by atoms with van der Waals surface area (Å²) in [4.78, 5) is 6.76. The number of unbranched alkanes of at least 4 members (excludes halogenated alkanes) is 13. The Morgan fingerprint density at radius 2 is 1.36 bits per heavy atom. The minimum absolute atomic E-state index is 0.282. The van der Waals surface area contributed by atoms with Crippen LogP contribution in [0.4, 0.5) is 0 Å². The molecule has 1 rings (SSSR count).